The first-order valence-corrected chi connectivity index (χ1v) is 6.35. The molecule has 1 aromatic carbocycles. The van der Waals surface area contributed by atoms with Gasteiger partial charge in [0, 0.05) is 16.1 Å². The highest BCUT2D eigenvalue weighted by atomic mass is 35.5. The van der Waals surface area contributed by atoms with Gasteiger partial charge in [-0.2, -0.15) is 0 Å². The molecule has 0 aliphatic rings. The molecule has 3 N–H and O–H groups in total. The zero-order valence-corrected chi connectivity index (χ0v) is 11.9. The number of hydrogen-bond acceptors (Lipinski definition) is 2. The van der Waals surface area contributed by atoms with Gasteiger partial charge < -0.3 is 10.8 Å². The highest BCUT2D eigenvalue weighted by Gasteiger charge is 2.24. The molecule has 0 bridgehead atoms. The van der Waals surface area contributed by atoms with Gasteiger partial charge in [-0.05, 0) is 35.6 Å². The summed E-state index contributed by atoms with van der Waals surface area (Å²) in [6.45, 7) is 6.15. The fraction of sp³-hybridized carbons (Fsp3) is 0.538. The molecule has 1 rings (SSSR count). The van der Waals surface area contributed by atoms with E-state index in [0.29, 0.717) is 22.0 Å². The zero-order valence-electron chi connectivity index (χ0n) is 10.4. The molecule has 0 fully saturated rings. The van der Waals surface area contributed by atoms with Gasteiger partial charge in [0.2, 0.25) is 0 Å². The molecule has 0 spiro atoms. The van der Waals surface area contributed by atoms with Crippen molar-refractivity contribution in [2.45, 2.75) is 39.3 Å². The average Bonchev–Trinajstić information content (AvgIpc) is 2.14. The molecular weight excluding hydrogens is 257 g/mol. The van der Waals surface area contributed by atoms with E-state index >= 15 is 0 Å². The number of rotatable bonds is 3. The van der Waals surface area contributed by atoms with Crippen LogP contribution in [0.5, 0.6) is 0 Å². The Balaban J connectivity index is 2.79. The molecule has 2 nitrogen and oxygen atoms in total. The molecule has 4 heteroatoms. The first-order valence-electron chi connectivity index (χ1n) is 5.60. The van der Waals surface area contributed by atoms with Crippen molar-refractivity contribution in [2.24, 2.45) is 11.1 Å². The lowest BCUT2D eigenvalue weighted by Gasteiger charge is -2.29. The largest absolute Gasteiger partial charge is 0.388 e. The molecule has 0 radical (unpaired) electrons. The van der Waals surface area contributed by atoms with E-state index in [1.54, 1.807) is 18.2 Å². The van der Waals surface area contributed by atoms with Gasteiger partial charge in [0.25, 0.3) is 0 Å². The van der Waals surface area contributed by atoms with Gasteiger partial charge in [-0.25, -0.2) is 0 Å². The zero-order chi connectivity index (χ0) is 13.2. The summed E-state index contributed by atoms with van der Waals surface area (Å²) in [5, 5.41) is 11.2. The lowest BCUT2D eigenvalue weighted by Crippen LogP contribution is -2.36. The second-order valence-electron chi connectivity index (χ2n) is 5.43. The molecule has 0 aromatic heterocycles. The summed E-state index contributed by atoms with van der Waals surface area (Å²) >= 11 is 11.8. The van der Waals surface area contributed by atoms with Crippen molar-refractivity contribution in [2.75, 3.05) is 0 Å². The van der Waals surface area contributed by atoms with Crippen LogP contribution in [0.4, 0.5) is 0 Å². The fourth-order valence-electron chi connectivity index (χ4n) is 1.50. The molecule has 17 heavy (non-hydrogen) atoms. The van der Waals surface area contributed by atoms with Crippen LogP contribution in [0.2, 0.25) is 10.0 Å². The SMILES string of the molecule is CC(C)(C)[C@@H](N)C[C@@H](O)c1cc(Cl)cc(Cl)c1. The van der Waals surface area contributed by atoms with Crippen molar-refractivity contribution >= 4 is 23.2 Å². The van der Waals surface area contributed by atoms with Crippen LogP contribution in [0, 0.1) is 5.41 Å². The van der Waals surface area contributed by atoms with Crippen molar-refractivity contribution in [3.63, 3.8) is 0 Å². The highest BCUT2D eigenvalue weighted by Crippen LogP contribution is 2.29. The van der Waals surface area contributed by atoms with Gasteiger partial charge >= 0.3 is 0 Å². The molecule has 0 amide bonds. The second-order valence-corrected chi connectivity index (χ2v) is 6.30. The second kappa shape index (κ2) is 5.57. The highest BCUT2D eigenvalue weighted by molar-refractivity contribution is 6.34. The molecule has 0 heterocycles. The summed E-state index contributed by atoms with van der Waals surface area (Å²) in [5.41, 5.74) is 6.71. The molecule has 1 aromatic rings. The molecule has 0 aliphatic carbocycles. The van der Waals surface area contributed by atoms with Gasteiger partial charge in [-0.1, -0.05) is 44.0 Å². The van der Waals surface area contributed by atoms with Crippen molar-refractivity contribution in [1.29, 1.82) is 0 Å². The van der Waals surface area contributed by atoms with E-state index in [1.807, 2.05) is 0 Å². The average molecular weight is 276 g/mol. The van der Waals surface area contributed by atoms with E-state index in [-0.39, 0.29) is 11.5 Å². The van der Waals surface area contributed by atoms with Crippen LogP contribution in [0.25, 0.3) is 0 Å². The Morgan fingerprint density at radius 2 is 1.65 bits per heavy atom. The van der Waals surface area contributed by atoms with Gasteiger partial charge in [-0.3, -0.25) is 0 Å². The smallest absolute Gasteiger partial charge is 0.0806 e. The molecule has 96 valence electrons. The summed E-state index contributed by atoms with van der Waals surface area (Å²) in [6, 6.07) is 4.99. The number of hydrogen-bond donors (Lipinski definition) is 2. The maximum absolute atomic E-state index is 10.1. The Bertz CT molecular complexity index is 367. The Morgan fingerprint density at radius 1 is 1.18 bits per heavy atom. The Kier molecular flexibility index (Phi) is 4.85. The molecule has 0 aliphatic heterocycles. The van der Waals surface area contributed by atoms with Crippen LogP contribution in [-0.4, -0.2) is 11.1 Å². The normalized spacial score (nSPS) is 15.7. The van der Waals surface area contributed by atoms with Crippen molar-refractivity contribution < 1.29 is 5.11 Å². The first kappa shape index (κ1) is 14.8. The maximum Gasteiger partial charge on any atom is 0.0806 e. The van der Waals surface area contributed by atoms with Crippen molar-refractivity contribution in [1.82, 2.24) is 0 Å². The number of nitrogens with two attached hydrogens (primary N) is 1. The summed E-state index contributed by atoms with van der Waals surface area (Å²) in [6.07, 6.45) is -0.152. The summed E-state index contributed by atoms with van der Waals surface area (Å²) in [4.78, 5) is 0. The third kappa shape index (κ3) is 4.47. The number of aliphatic hydroxyl groups excluding tert-OH is 1. The molecule has 0 saturated heterocycles. The van der Waals surface area contributed by atoms with E-state index in [2.05, 4.69) is 20.8 Å². The van der Waals surface area contributed by atoms with Gasteiger partial charge in [0.15, 0.2) is 0 Å². The number of aliphatic hydroxyl groups is 1. The quantitative estimate of drug-likeness (QED) is 0.882. The van der Waals surface area contributed by atoms with Gasteiger partial charge in [0.1, 0.15) is 0 Å². The van der Waals surface area contributed by atoms with Crippen LogP contribution in [0.3, 0.4) is 0 Å². The van der Waals surface area contributed by atoms with Crippen LogP contribution >= 0.6 is 23.2 Å². The van der Waals surface area contributed by atoms with Crippen molar-refractivity contribution in [3.05, 3.63) is 33.8 Å². The minimum atomic E-state index is -0.638. The van der Waals surface area contributed by atoms with Crippen LogP contribution < -0.4 is 5.73 Å². The van der Waals surface area contributed by atoms with E-state index < -0.39 is 6.10 Å². The van der Waals surface area contributed by atoms with Crippen LogP contribution in [0.1, 0.15) is 38.9 Å². The first-order chi connectivity index (χ1) is 7.70. The summed E-state index contributed by atoms with van der Waals surface area (Å²) in [7, 11) is 0. The Morgan fingerprint density at radius 3 is 2.06 bits per heavy atom. The monoisotopic (exact) mass is 275 g/mol. The van der Waals surface area contributed by atoms with E-state index in [1.165, 1.54) is 0 Å². The molecular formula is C13H19Cl2NO. The lowest BCUT2D eigenvalue weighted by molar-refractivity contribution is 0.133. The summed E-state index contributed by atoms with van der Waals surface area (Å²) < 4.78 is 0. The summed E-state index contributed by atoms with van der Waals surface area (Å²) in [5.74, 6) is 0. The fourth-order valence-corrected chi connectivity index (χ4v) is 2.04. The maximum atomic E-state index is 10.1. The standard InChI is InChI=1S/C13H19Cl2NO/c1-13(2,3)12(16)7-11(17)8-4-9(14)6-10(15)5-8/h4-6,11-12,17H,7,16H2,1-3H3/t11-,12+/m1/s1. The molecule has 0 saturated carbocycles. The van der Waals surface area contributed by atoms with Gasteiger partial charge in [-0.15, -0.1) is 0 Å². The Hall–Kier alpha value is -0.280. The predicted molar refractivity (Wildman–Crippen MR) is 73.5 cm³/mol. The predicted octanol–water partition coefficient (Wildman–Crippen LogP) is 3.79. The minimum absolute atomic E-state index is 0.0383. The Labute approximate surface area is 113 Å². The minimum Gasteiger partial charge on any atom is -0.388 e. The van der Waals surface area contributed by atoms with Crippen molar-refractivity contribution in [3.8, 4) is 0 Å². The van der Waals surface area contributed by atoms with E-state index in [4.69, 9.17) is 28.9 Å². The lowest BCUT2D eigenvalue weighted by atomic mass is 9.83. The molecule has 0 unspecified atom stereocenters. The third-order valence-electron chi connectivity index (χ3n) is 2.86. The van der Waals surface area contributed by atoms with Crippen LogP contribution in [-0.2, 0) is 0 Å². The van der Waals surface area contributed by atoms with Gasteiger partial charge in [0.05, 0.1) is 6.10 Å². The topological polar surface area (TPSA) is 46.2 Å². The van der Waals surface area contributed by atoms with E-state index in [0.717, 1.165) is 0 Å². The number of halogens is 2. The number of benzene rings is 1. The van der Waals surface area contributed by atoms with E-state index in [9.17, 15) is 5.11 Å². The molecule has 2 atom stereocenters. The van der Waals surface area contributed by atoms with Crippen LogP contribution in [0.15, 0.2) is 18.2 Å². The third-order valence-corrected chi connectivity index (χ3v) is 3.30.